The Labute approximate surface area is 92.5 Å². The molecule has 0 spiro atoms. The maximum atomic E-state index is 11.7. The summed E-state index contributed by atoms with van der Waals surface area (Å²) in [4.78, 5) is 11.7. The highest BCUT2D eigenvalue weighted by molar-refractivity contribution is 6.02. The molecule has 1 atom stereocenters. The summed E-state index contributed by atoms with van der Waals surface area (Å²) in [6.07, 6.45) is -1.16. The van der Waals surface area contributed by atoms with Crippen LogP contribution in [-0.2, 0) is 0 Å². The van der Waals surface area contributed by atoms with Gasteiger partial charge in [0.2, 0.25) is 6.29 Å². The van der Waals surface area contributed by atoms with E-state index in [9.17, 15) is 9.90 Å². The van der Waals surface area contributed by atoms with Gasteiger partial charge in [-0.25, -0.2) is 0 Å². The van der Waals surface area contributed by atoms with Crippen molar-refractivity contribution in [3.8, 4) is 17.2 Å². The molecule has 0 saturated heterocycles. The molecule has 1 aliphatic heterocycles. The van der Waals surface area contributed by atoms with Crippen molar-refractivity contribution in [2.75, 3.05) is 14.2 Å². The first-order chi connectivity index (χ1) is 7.65. The third-order valence-electron chi connectivity index (χ3n) is 2.40. The molecule has 0 fully saturated rings. The van der Waals surface area contributed by atoms with Gasteiger partial charge in [-0.1, -0.05) is 0 Å². The fraction of sp³-hybridized carbons (Fsp3) is 0.364. The van der Waals surface area contributed by atoms with Gasteiger partial charge in [-0.3, -0.25) is 4.79 Å². The van der Waals surface area contributed by atoms with Crippen LogP contribution in [-0.4, -0.2) is 31.4 Å². The van der Waals surface area contributed by atoms with Gasteiger partial charge in [0.15, 0.2) is 5.78 Å². The molecule has 1 aliphatic rings. The van der Waals surface area contributed by atoms with Crippen LogP contribution in [0.5, 0.6) is 17.2 Å². The van der Waals surface area contributed by atoms with E-state index < -0.39 is 6.29 Å². The lowest BCUT2D eigenvalue weighted by molar-refractivity contribution is -0.0249. The Morgan fingerprint density at radius 1 is 1.38 bits per heavy atom. The van der Waals surface area contributed by atoms with E-state index in [1.54, 1.807) is 12.1 Å². The number of carbonyl (C=O) groups excluding carboxylic acids is 1. The van der Waals surface area contributed by atoms with Gasteiger partial charge < -0.3 is 19.3 Å². The molecule has 2 rings (SSSR count). The van der Waals surface area contributed by atoms with Crippen LogP contribution in [0.2, 0.25) is 0 Å². The summed E-state index contributed by atoms with van der Waals surface area (Å²) in [7, 11) is 2.97. The molecule has 1 aromatic rings. The van der Waals surface area contributed by atoms with Crippen LogP contribution >= 0.6 is 0 Å². The summed E-state index contributed by atoms with van der Waals surface area (Å²) >= 11 is 0. The fourth-order valence-corrected chi connectivity index (χ4v) is 1.66. The highest BCUT2D eigenvalue weighted by Crippen LogP contribution is 2.38. The first kappa shape index (κ1) is 10.8. The number of methoxy groups -OCH3 is 2. The number of benzene rings is 1. The molecule has 5 heteroatoms. The number of Topliss-reactive ketones (excluding diaryl/α,β-unsaturated/α-hetero) is 1. The fourth-order valence-electron chi connectivity index (χ4n) is 1.66. The van der Waals surface area contributed by atoms with Crippen LogP contribution in [0, 0.1) is 0 Å². The molecule has 1 heterocycles. The van der Waals surface area contributed by atoms with Crippen molar-refractivity contribution >= 4 is 5.78 Å². The summed E-state index contributed by atoms with van der Waals surface area (Å²) < 4.78 is 15.3. The molecule has 1 N–H and O–H groups in total. The number of hydrogen-bond acceptors (Lipinski definition) is 5. The number of ether oxygens (including phenoxy) is 3. The van der Waals surface area contributed by atoms with Gasteiger partial charge in [-0.2, -0.15) is 0 Å². The van der Waals surface area contributed by atoms with Crippen molar-refractivity contribution in [1.29, 1.82) is 0 Å². The van der Waals surface area contributed by atoms with Crippen LogP contribution in [0.15, 0.2) is 12.1 Å². The van der Waals surface area contributed by atoms with Crippen LogP contribution < -0.4 is 14.2 Å². The summed E-state index contributed by atoms with van der Waals surface area (Å²) in [6.45, 7) is 0. The molecule has 16 heavy (non-hydrogen) atoms. The lowest BCUT2D eigenvalue weighted by Crippen LogP contribution is -2.26. The van der Waals surface area contributed by atoms with Crippen molar-refractivity contribution in [3.05, 3.63) is 17.7 Å². The number of aliphatic hydroxyl groups is 1. The van der Waals surface area contributed by atoms with E-state index in [1.165, 1.54) is 14.2 Å². The second-order valence-electron chi connectivity index (χ2n) is 3.40. The summed E-state index contributed by atoms with van der Waals surface area (Å²) in [5.74, 6) is 0.997. The molecule has 5 nitrogen and oxygen atoms in total. The summed E-state index contributed by atoms with van der Waals surface area (Å²) in [6, 6.07) is 3.16. The lowest BCUT2D eigenvalue weighted by atomic mass is 10.0. The minimum atomic E-state index is -1.10. The Balaban J connectivity index is 2.56. The van der Waals surface area contributed by atoms with Crippen molar-refractivity contribution < 1.29 is 24.1 Å². The van der Waals surface area contributed by atoms with Gasteiger partial charge in [-0.15, -0.1) is 0 Å². The predicted molar refractivity (Wildman–Crippen MR) is 55.1 cm³/mol. The Bertz CT molecular complexity index is 427. The molecular weight excluding hydrogens is 212 g/mol. The van der Waals surface area contributed by atoms with Gasteiger partial charge in [-0.05, 0) is 0 Å². The Morgan fingerprint density at radius 2 is 2.12 bits per heavy atom. The second kappa shape index (κ2) is 4.02. The molecule has 0 amide bonds. The third-order valence-corrected chi connectivity index (χ3v) is 2.40. The molecule has 1 unspecified atom stereocenters. The lowest BCUT2D eigenvalue weighted by Gasteiger charge is -2.23. The van der Waals surface area contributed by atoms with E-state index >= 15 is 0 Å². The maximum absolute atomic E-state index is 11.7. The van der Waals surface area contributed by atoms with Crippen molar-refractivity contribution in [2.45, 2.75) is 12.7 Å². The zero-order chi connectivity index (χ0) is 11.7. The number of fused-ring (bicyclic) bond motifs is 1. The monoisotopic (exact) mass is 224 g/mol. The van der Waals surface area contributed by atoms with Gasteiger partial charge in [0.1, 0.15) is 22.8 Å². The van der Waals surface area contributed by atoms with Gasteiger partial charge in [0.25, 0.3) is 0 Å². The number of carbonyl (C=O) groups is 1. The largest absolute Gasteiger partial charge is 0.496 e. The second-order valence-corrected chi connectivity index (χ2v) is 3.40. The molecular formula is C11H12O5. The van der Waals surface area contributed by atoms with Gasteiger partial charge in [0.05, 0.1) is 20.6 Å². The molecule has 0 aromatic heterocycles. The number of rotatable bonds is 2. The summed E-state index contributed by atoms with van der Waals surface area (Å²) in [5, 5.41) is 9.33. The molecule has 0 radical (unpaired) electrons. The topological polar surface area (TPSA) is 65.0 Å². The number of aliphatic hydroxyl groups excluding tert-OH is 1. The van der Waals surface area contributed by atoms with E-state index in [2.05, 4.69) is 0 Å². The minimum Gasteiger partial charge on any atom is -0.496 e. The molecule has 0 aliphatic carbocycles. The zero-order valence-corrected chi connectivity index (χ0v) is 9.02. The highest BCUT2D eigenvalue weighted by atomic mass is 16.6. The Hall–Kier alpha value is -1.75. The average molecular weight is 224 g/mol. The Morgan fingerprint density at radius 3 is 2.75 bits per heavy atom. The van der Waals surface area contributed by atoms with E-state index in [0.717, 1.165) is 0 Å². The van der Waals surface area contributed by atoms with Crippen molar-refractivity contribution in [1.82, 2.24) is 0 Å². The van der Waals surface area contributed by atoms with Crippen LogP contribution in [0.4, 0.5) is 0 Å². The first-order valence-electron chi connectivity index (χ1n) is 4.79. The first-order valence-corrected chi connectivity index (χ1v) is 4.79. The Kier molecular flexibility index (Phi) is 2.70. The highest BCUT2D eigenvalue weighted by Gasteiger charge is 2.29. The van der Waals surface area contributed by atoms with E-state index in [1.807, 2.05) is 0 Å². The average Bonchev–Trinajstić information content (AvgIpc) is 2.26. The molecule has 86 valence electrons. The minimum absolute atomic E-state index is 0.0598. The van der Waals surface area contributed by atoms with E-state index in [0.29, 0.717) is 22.8 Å². The van der Waals surface area contributed by atoms with Crippen LogP contribution in [0.3, 0.4) is 0 Å². The normalized spacial score (nSPS) is 18.7. The molecule has 1 aromatic carbocycles. The number of ketones is 1. The quantitative estimate of drug-likeness (QED) is 0.811. The number of hydrogen-bond donors (Lipinski definition) is 1. The standard InChI is InChI=1S/C11H12O5/c1-14-6-3-8(15-2)11-7(12)5-10(13)16-9(11)4-6/h3-4,10,13H,5H2,1-2H3. The molecule has 0 saturated carbocycles. The van der Waals surface area contributed by atoms with Crippen molar-refractivity contribution in [2.24, 2.45) is 0 Å². The van der Waals surface area contributed by atoms with Crippen LogP contribution in [0.25, 0.3) is 0 Å². The van der Waals surface area contributed by atoms with Crippen molar-refractivity contribution in [3.63, 3.8) is 0 Å². The predicted octanol–water partition coefficient (Wildman–Crippen LogP) is 0.987. The smallest absolute Gasteiger partial charge is 0.204 e. The zero-order valence-electron chi connectivity index (χ0n) is 9.02. The van der Waals surface area contributed by atoms with Crippen LogP contribution in [0.1, 0.15) is 16.8 Å². The van der Waals surface area contributed by atoms with E-state index in [-0.39, 0.29) is 12.2 Å². The maximum Gasteiger partial charge on any atom is 0.204 e. The summed E-state index contributed by atoms with van der Waals surface area (Å²) in [5.41, 5.74) is 0.355. The SMILES string of the molecule is COc1cc(OC)c2c(c1)OC(O)CC2=O. The van der Waals surface area contributed by atoms with E-state index in [4.69, 9.17) is 14.2 Å². The molecule has 0 bridgehead atoms. The van der Waals surface area contributed by atoms with Gasteiger partial charge in [0, 0.05) is 12.1 Å². The third kappa shape index (κ3) is 1.69. The van der Waals surface area contributed by atoms with Gasteiger partial charge >= 0.3 is 0 Å².